The Bertz CT molecular complexity index is 24.7. The molecular formula is C3H10S6. The van der Waals surface area contributed by atoms with Gasteiger partial charge in [-0.25, -0.2) is 0 Å². The number of hydrogen-bond acceptors (Lipinski definition) is 6. The van der Waals surface area contributed by atoms with E-state index in [4.69, 9.17) is 0 Å². The van der Waals surface area contributed by atoms with E-state index in [2.05, 4.69) is 50.5 Å². The molecule has 1 heterocycles. The van der Waals surface area contributed by atoms with Crippen molar-refractivity contribution in [2.75, 3.05) is 15.3 Å². The molecule has 0 bridgehead atoms. The van der Waals surface area contributed by atoms with Crippen LogP contribution < -0.4 is 0 Å². The average Bonchev–Trinajstić information content (AvgIpc) is 2.48. The fourth-order valence-corrected chi connectivity index (χ4v) is 0. The number of rotatable bonds is 0. The van der Waals surface area contributed by atoms with Gasteiger partial charge in [-0.3, -0.25) is 0 Å². The molecule has 0 unspecified atom stereocenters. The first-order valence-electron chi connectivity index (χ1n) is 2.01. The summed E-state index contributed by atoms with van der Waals surface area (Å²) in [6, 6.07) is 0. The Morgan fingerprint density at radius 2 is 1.00 bits per heavy atom. The van der Waals surface area contributed by atoms with Crippen molar-refractivity contribution in [3.05, 3.63) is 0 Å². The number of thiol groups is 4. The Labute approximate surface area is 86.7 Å². The van der Waals surface area contributed by atoms with E-state index in [0.29, 0.717) is 10.2 Å². The molecule has 1 rings (SSSR count). The van der Waals surface area contributed by atoms with Gasteiger partial charge in [-0.2, -0.15) is 50.5 Å². The largest absolute Gasteiger partial charge is 0.169 e. The van der Waals surface area contributed by atoms with E-state index >= 15 is 0 Å². The van der Waals surface area contributed by atoms with Crippen molar-refractivity contribution in [3.63, 3.8) is 0 Å². The van der Waals surface area contributed by atoms with E-state index < -0.39 is 0 Å². The highest BCUT2D eigenvalue weighted by Gasteiger charge is 1.97. The molecule has 1 aliphatic heterocycles. The smallest absolute Gasteiger partial charge is 0.0600 e. The molecule has 0 aromatic carbocycles. The van der Waals surface area contributed by atoms with E-state index in [1.165, 1.54) is 5.08 Å². The van der Waals surface area contributed by atoms with Gasteiger partial charge < -0.3 is 0 Å². The predicted molar refractivity (Wildman–Crippen MR) is 65.7 cm³/mol. The summed E-state index contributed by atoms with van der Waals surface area (Å²) in [6.07, 6.45) is 0. The first-order valence-corrected chi connectivity index (χ1v) is 7.03. The molecule has 1 fully saturated rings. The molecule has 0 saturated carbocycles. The molecule has 0 aromatic heterocycles. The zero-order chi connectivity index (χ0) is 7.54. The molecule has 0 aliphatic carbocycles. The van der Waals surface area contributed by atoms with Crippen molar-refractivity contribution >= 4 is 72.1 Å². The summed E-state index contributed by atoms with van der Waals surface area (Å²) in [5, 5.41) is 2.61. The van der Waals surface area contributed by atoms with Gasteiger partial charge in [0.15, 0.2) is 0 Å². The highest BCUT2D eigenvalue weighted by atomic mass is 33.2. The molecule has 0 radical (unpaired) electrons. The molecule has 0 spiro atoms. The minimum absolute atomic E-state index is 0.639. The second kappa shape index (κ2) is 16.6. The molecule has 6 heteroatoms. The quantitative estimate of drug-likeness (QED) is 0.222. The van der Waals surface area contributed by atoms with Crippen LogP contribution in [0.15, 0.2) is 0 Å². The molecule has 0 atom stereocenters. The monoisotopic (exact) mass is 238 g/mol. The third-order valence-electron chi connectivity index (χ3n) is 0.118. The summed E-state index contributed by atoms with van der Waals surface area (Å²) in [5.74, 6) is 0. The van der Waals surface area contributed by atoms with E-state index in [1.54, 1.807) is 0 Å². The zero-order valence-corrected chi connectivity index (χ0v) is 9.94. The van der Waals surface area contributed by atoms with Crippen molar-refractivity contribution in [1.82, 2.24) is 0 Å². The Kier molecular flexibility index (Phi) is 25.2. The Morgan fingerprint density at radius 1 is 0.889 bits per heavy atom. The van der Waals surface area contributed by atoms with Crippen LogP contribution in [-0.2, 0) is 0 Å². The molecule has 1 aliphatic rings. The Hall–Kier alpha value is 2.10. The lowest BCUT2D eigenvalue weighted by atomic mass is 11.9. The molecule has 0 N–H and O–H groups in total. The van der Waals surface area contributed by atoms with Crippen LogP contribution in [0.1, 0.15) is 0 Å². The second-order valence-electron chi connectivity index (χ2n) is 0.636. The van der Waals surface area contributed by atoms with Crippen LogP contribution in [0.5, 0.6) is 0 Å². The third kappa shape index (κ3) is 69.0. The molecule has 58 valence electrons. The van der Waals surface area contributed by atoms with Gasteiger partial charge in [0.2, 0.25) is 0 Å². The van der Waals surface area contributed by atoms with Crippen LogP contribution in [-0.4, -0.2) is 15.3 Å². The van der Waals surface area contributed by atoms with Crippen LogP contribution in [0, 0.1) is 0 Å². The Morgan fingerprint density at radius 3 is 1.00 bits per heavy atom. The normalized spacial score (nSPS) is 12.0. The van der Waals surface area contributed by atoms with Crippen LogP contribution >= 0.6 is 72.1 Å². The summed E-state index contributed by atoms with van der Waals surface area (Å²) in [7, 11) is 3.83. The first-order chi connectivity index (χ1) is 4.33. The second-order valence-corrected chi connectivity index (χ2v) is 5.73. The topological polar surface area (TPSA) is 0 Å². The maximum absolute atomic E-state index is 3.65. The maximum atomic E-state index is 3.65. The highest BCUT2D eigenvalue weighted by molar-refractivity contribution is 8.92. The Balaban J connectivity index is 0. The summed E-state index contributed by atoms with van der Waals surface area (Å²) >= 11 is 14.6. The van der Waals surface area contributed by atoms with Gasteiger partial charge in [-0.15, -0.1) is 0 Å². The standard InChI is InChI=1S/CH2S2.2CH4S2/c1-2-3-1;2*2-1-3/h1H2;2*2-3H,1H2. The van der Waals surface area contributed by atoms with E-state index in [1.807, 2.05) is 21.6 Å². The zero-order valence-electron chi connectivity index (χ0n) is 4.73. The van der Waals surface area contributed by atoms with Gasteiger partial charge in [-0.1, -0.05) is 21.6 Å². The average molecular weight is 239 g/mol. The fourth-order valence-electron chi connectivity index (χ4n) is 0. The van der Waals surface area contributed by atoms with E-state index in [9.17, 15) is 0 Å². The molecule has 9 heavy (non-hydrogen) atoms. The minimum atomic E-state index is 0.639. The minimum Gasteiger partial charge on any atom is -0.169 e. The third-order valence-corrected chi connectivity index (χ3v) is 1.06. The predicted octanol–water partition coefficient (Wildman–Crippen LogP) is 2.95. The number of hydrogen-bond donors (Lipinski definition) is 4. The van der Waals surface area contributed by atoms with E-state index in [-0.39, 0.29) is 0 Å². The van der Waals surface area contributed by atoms with Gasteiger partial charge in [0.25, 0.3) is 0 Å². The highest BCUT2D eigenvalue weighted by Crippen LogP contribution is 2.41. The van der Waals surface area contributed by atoms with Gasteiger partial charge in [0.1, 0.15) is 0 Å². The van der Waals surface area contributed by atoms with Gasteiger partial charge >= 0.3 is 0 Å². The summed E-state index contributed by atoms with van der Waals surface area (Å²) in [4.78, 5) is 0. The molecule has 0 aromatic rings. The summed E-state index contributed by atoms with van der Waals surface area (Å²) in [5.41, 5.74) is 0. The van der Waals surface area contributed by atoms with Crippen molar-refractivity contribution in [3.8, 4) is 0 Å². The summed E-state index contributed by atoms with van der Waals surface area (Å²) < 4.78 is 0. The molecule has 0 nitrogen and oxygen atoms in total. The van der Waals surface area contributed by atoms with Crippen molar-refractivity contribution in [2.45, 2.75) is 0 Å². The SMILES string of the molecule is C1SS1.SCS.SCS. The van der Waals surface area contributed by atoms with Crippen LogP contribution in [0.25, 0.3) is 0 Å². The van der Waals surface area contributed by atoms with Crippen LogP contribution in [0.4, 0.5) is 0 Å². The lowest BCUT2D eigenvalue weighted by molar-refractivity contribution is 2.37. The van der Waals surface area contributed by atoms with Gasteiger partial charge in [0.05, 0.1) is 5.08 Å². The van der Waals surface area contributed by atoms with Gasteiger partial charge in [-0.05, 0) is 0 Å². The van der Waals surface area contributed by atoms with Gasteiger partial charge in [0, 0.05) is 10.2 Å². The lowest BCUT2D eigenvalue weighted by Gasteiger charge is -1.49. The lowest BCUT2D eigenvalue weighted by Crippen LogP contribution is -1.25. The fraction of sp³-hybridized carbons (Fsp3) is 1.00. The summed E-state index contributed by atoms with van der Waals surface area (Å²) in [6.45, 7) is 0. The van der Waals surface area contributed by atoms with Crippen molar-refractivity contribution < 1.29 is 0 Å². The van der Waals surface area contributed by atoms with Crippen LogP contribution in [0.2, 0.25) is 0 Å². The molecular weight excluding hydrogens is 228 g/mol. The first kappa shape index (κ1) is 13.7. The van der Waals surface area contributed by atoms with Crippen molar-refractivity contribution in [1.29, 1.82) is 0 Å². The van der Waals surface area contributed by atoms with E-state index in [0.717, 1.165) is 0 Å². The molecule has 1 saturated heterocycles. The van der Waals surface area contributed by atoms with Crippen LogP contribution in [0.3, 0.4) is 0 Å². The molecule has 0 amide bonds. The van der Waals surface area contributed by atoms with Crippen molar-refractivity contribution in [2.24, 2.45) is 0 Å². The maximum Gasteiger partial charge on any atom is 0.0600 e.